The fourth-order valence-corrected chi connectivity index (χ4v) is 4.81. The minimum Gasteiger partial charge on any atom is -0.373 e. The van der Waals surface area contributed by atoms with Gasteiger partial charge < -0.3 is 19.1 Å². The van der Waals surface area contributed by atoms with Crippen LogP contribution >= 0.6 is 0 Å². The van der Waals surface area contributed by atoms with Crippen LogP contribution in [0.1, 0.15) is 25.3 Å². The number of amides is 2. The van der Waals surface area contributed by atoms with Gasteiger partial charge in [0.2, 0.25) is 11.8 Å². The van der Waals surface area contributed by atoms with Crippen molar-refractivity contribution in [1.29, 1.82) is 0 Å². The zero-order valence-corrected chi connectivity index (χ0v) is 19.5. The molecule has 35 heavy (non-hydrogen) atoms. The molecule has 0 radical (unpaired) electrons. The summed E-state index contributed by atoms with van der Waals surface area (Å²) in [6.45, 7) is 4.64. The summed E-state index contributed by atoms with van der Waals surface area (Å²) in [5.41, 5.74) is 0.451. The maximum Gasteiger partial charge on any atom is 0.227 e. The van der Waals surface area contributed by atoms with Crippen molar-refractivity contribution in [2.45, 2.75) is 39.3 Å². The number of morpholine rings is 1. The Kier molecular flexibility index (Phi) is 6.00. The summed E-state index contributed by atoms with van der Waals surface area (Å²) < 4.78 is 53.1. The lowest BCUT2D eigenvalue weighted by atomic mass is 10.1. The first-order valence-electron chi connectivity index (χ1n) is 11.6. The minimum atomic E-state index is -0.900. The van der Waals surface area contributed by atoms with Crippen LogP contribution in [0.5, 0.6) is 0 Å². The first-order valence-corrected chi connectivity index (χ1v) is 11.6. The number of ether oxygens (including phenoxy) is 1. The number of rotatable bonds is 4. The second-order valence-corrected chi connectivity index (χ2v) is 9.00. The van der Waals surface area contributed by atoms with Gasteiger partial charge in [-0.2, -0.15) is 0 Å². The Hall–Kier alpha value is -3.40. The zero-order chi connectivity index (χ0) is 24.9. The first-order chi connectivity index (χ1) is 16.7. The van der Waals surface area contributed by atoms with E-state index in [4.69, 9.17) is 4.74 Å². The minimum absolute atomic E-state index is 0.00293. The van der Waals surface area contributed by atoms with Gasteiger partial charge in [0.05, 0.1) is 30.3 Å². The van der Waals surface area contributed by atoms with Gasteiger partial charge in [-0.3, -0.25) is 9.59 Å². The first kappa shape index (κ1) is 23.3. The van der Waals surface area contributed by atoms with Crippen LogP contribution < -0.4 is 4.90 Å². The van der Waals surface area contributed by atoms with E-state index in [1.54, 1.807) is 24.0 Å². The van der Waals surface area contributed by atoms with Gasteiger partial charge in [-0.05, 0) is 37.1 Å². The molecule has 0 saturated carbocycles. The van der Waals surface area contributed by atoms with Gasteiger partial charge in [-0.25, -0.2) is 18.2 Å². The molecule has 0 aliphatic carbocycles. The van der Waals surface area contributed by atoms with Crippen LogP contribution in [0, 0.1) is 24.4 Å². The molecule has 2 aliphatic rings. The van der Waals surface area contributed by atoms with Crippen LogP contribution in [-0.2, 0) is 20.9 Å². The molecule has 2 saturated heterocycles. The zero-order valence-electron chi connectivity index (χ0n) is 19.5. The van der Waals surface area contributed by atoms with Crippen LogP contribution in [0.3, 0.4) is 0 Å². The van der Waals surface area contributed by atoms with E-state index in [1.807, 2.05) is 0 Å². The molecular weight excluding hydrogens is 461 g/mol. The van der Waals surface area contributed by atoms with Gasteiger partial charge in [0.1, 0.15) is 23.0 Å². The lowest BCUT2D eigenvalue weighted by molar-refractivity contribution is -0.136. The van der Waals surface area contributed by atoms with Gasteiger partial charge >= 0.3 is 0 Å². The molecule has 5 rings (SSSR count). The van der Waals surface area contributed by atoms with E-state index < -0.39 is 29.1 Å². The largest absolute Gasteiger partial charge is 0.373 e. The highest BCUT2D eigenvalue weighted by Gasteiger charge is 2.29. The molecule has 3 aromatic rings. The standard InChI is InChI=1S/C25H25F3N4O3/c1-14-5-6-20-24(23(14)28)29-25(32(20)13-17-12-30(15(2)33)8-9-35-17)22-18(26)10-16(11-19(22)27)31-7-3-4-21(31)34/h5-6,10-11,17H,3-4,7-9,12-13H2,1-2H3/t17-/m1/s1. The maximum absolute atomic E-state index is 15.4. The highest BCUT2D eigenvalue weighted by molar-refractivity contribution is 5.95. The summed E-state index contributed by atoms with van der Waals surface area (Å²) >= 11 is 0. The van der Waals surface area contributed by atoms with Crippen LogP contribution in [0.2, 0.25) is 0 Å². The van der Waals surface area contributed by atoms with Crippen molar-refractivity contribution in [2.24, 2.45) is 0 Å². The van der Waals surface area contributed by atoms with E-state index in [0.29, 0.717) is 50.2 Å². The average molecular weight is 486 g/mol. The molecule has 0 bridgehead atoms. The molecule has 2 aliphatic heterocycles. The van der Waals surface area contributed by atoms with Gasteiger partial charge in [-0.1, -0.05) is 6.07 Å². The number of aromatic nitrogens is 2. The van der Waals surface area contributed by atoms with E-state index in [0.717, 1.165) is 12.1 Å². The molecule has 0 unspecified atom stereocenters. The lowest BCUT2D eigenvalue weighted by Crippen LogP contribution is -2.46. The molecule has 2 amide bonds. The fraction of sp³-hybridized carbons (Fsp3) is 0.400. The van der Waals surface area contributed by atoms with Crippen molar-refractivity contribution in [1.82, 2.24) is 14.5 Å². The highest BCUT2D eigenvalue weighted by Crippen LogP contribution is 2.35. The van der Waals surface area contributed by atoms with Crippen LogP contribution in [0.15, 0.2) is 24.3 Å². The monoisotopic (exact) mass is 486 g/mol. The second kappa shape index (κ2) is 8.99. The van der Waals surface area contributed by atoms with Crippen LogP contribution in [-0.4, -0.2) is 58.6 Å². The van der Waals surface area contributed by atoms with E-state index in [1.165, 1.54) is 16.4 Å². The molecule has 10 heteroatoms. The summed E-state index contributed by atoms with van der Waals surface area (Å²) in [6.07, 6.45) is 0.482. The van der Waals surface area contributed by atoms with E-state index in [9.17, 15) is 14.0 Å². The number of nitrogens with zero attached hydrogens (tertiary/aromatic N) is 4. The Labute approximate surface area is 200 Å². The Bertz CT molecular complexity index is 1320. The third-order valence-corrected chi connectivity index (χ3v) is 6.66. The number of carbonyl (C=O) groups excluding carboxylic acids is 2. The molecule has 1 aromatic heterocycles. The third-order valence-electron chi connectivity index (χ3n) is 6.66. The summed E-state index contributed by atoms with van der Waals surface area (Å²) in [4.78, 5) is 31.2. The van der Waals surface area contributed by atoms with Crippen LogP contribution in [0.25, 0.3) is 22.4 Å². The lowest BCUT2D eigenvalue weighted by Gasteiger charge is -2.32. The molecule has 0 N–H and O–H groups in total. The Morgan fingerprint density at radius 2 is 1.91 bits per heavy atom. The number of hydrogen-bond donors (Lipinski definition) is 0. The number of halogens is 3. The normalized spacial score (nSPS) is 18.7. The predicted octanol–water partition coefficient (Wildman–Crippen LogP) is 3.80. The number of imidazole rings is 1. The number of anilines is 1. The Morgan fingerprint density at radius 1 is 1.17 bits per heavy atom. The van der Waals surface area contributed by atoms with Gasteiger partial charge in [0, 0.05) is 38.7 Å². The molecule has 2 fully saturated rings. The number of hydrogen-bond acceptors (Lipinski definition) is 4. The second-order valence-electron chi connectivity index (χ2n) is 9.00. The fourth-order valence-electron chi connectivity index (χ4n) is 4.81. The van der Waals surface area contributed by atoms with Crippen molar-refractivity contribution in [2.75, 3.05) is 31.1 Å². The van der Waals surface area contributed by atoms with Crippen LogP contribution in [0.4, 0.5) is 18.9 Å². The quantitative estimate of drug-likeness (QED) is 0.563. The number of aryl methyl sites for hydroxylation is 1. The highest BCUT2D eigenvalue weighted by atomic mass is 19.1. The SMILES string of the molecule is CC(=O)N1CCO[C@@H](Cn2c(-c3c(F)cc(N4CCCC4=O)cc3F)nc3c(F)c(C)ccc32)C1. The van der Waals surface area contributed by atoms with Crippen molar-refractivity contribution in [3.8, 4) is 11.4 Å². The third kappa shape index (κ3) is 4.16. The molecule has 184 valence electrons. The Balaban J connectivity index is 1.61. The van der Waals surface area contributed by atoms with Crippen molar-refractivity contribution in [3.63, 3.8) is 0 Å². The molecule has 3 heterocycles. The summed E-state index contributed by atoms with van der Waals surface area (Å²) in [5.74, 6) is -2.74. The van der Waals surface area contributed by atoms with E-state index in [-0.39, 0.29) is 35.4 Å². The summed E-state index contributed by atoms with van der Waals surface area (Å²) in [7, 11) is 0. The maximum atomic E-state index is 15.4. The number of carbonyl (C=O) groups is 2. The van der Waals surface area contributed by atoms with E-state index >= 15 is 8.78 Å². The summed E-state index contributed by atoms with van der Waals surface area (Å²) in [5, 5.41) is 0. The Morgan fingerprint density at radius 3 is 2.57 bits per heavy atom. The van der Waals surface area contributed by atoms with Gasteiger partial charge in [0.15, 0.2) is 5.82 Å². The number of fused-ring (bicyclic) bond motifs is 1. The number of benzene rings is 2. The average Bonchev–Trinajstić information content (AvgIpc) is 3.40. The molecule has 1 atom stereocenters. The molecular formula is C25H25F3N4O3. The summed E-state index contributed by atoms with van der Waals surface area (Å²) in [6, 6.07) is 5.46. The van der Waals surface area contributed by atoms with Gasteiger partial charge in [0.25, 0.3) is 0 Å². The molecule has 2 aromatic carbocycles. The smallest absolute Gasteiger partial charge is 0.227 e. The van der Waals surface area contributed by atoms with Crippen molar-refractivity contribution >= 4 is 28.5 Å². The topological polar surface area (TPSA) is 67.7 Å². The van der Waals surface area contributed by atoms with E-state index in [2.05, 4.69) is 4.98 Å². The van der Waals surface area contributed by atoms with Crippen molar-refractivity contribution in [3.05, 3.63) is 47.3 Å². The van der Waals surface area contributed by atoms with Gasteiger partial charge in [-0.15, -0.1) is 0 Å². The van der Waals surface area contributed by atoms with Crippen molar-refractivity contribution < 1.29 is 27.5 Å². The predicted molar refractivity (Wildman–Crippen MR) is 123 cm³/mol. The molecule has 0 spiro atoms. The molecule has 7 nitrogen and oxygen atoms in total.